The van der Waals surface area contributed by atoms with E-state index in [0.717, 1.165) is 16.8 Å². The second kappa shape index (κ2) is 5.14. The Hall–Kier alpha value is -1.94. The fourth-order valence-corrected chi connectivity index (χ4v) is 1.78. The molecule has 0 unspecified atom stereocenters. The number of benzene rings is 1. The number of aryl methyl sites for hydroxylation is 2. The van der Waals surface area contributed by atoms with Crippen molar-refractivity contribution in [2.45, 2.75) is 13.8 Å². The Labute approximate surface area is 112 Å². The zero-order valence-electron chi connectivity index (χ0n) is 10.3. The second-order valence-corrected chi connectivity index (χ2v) is 4.49. The fourth-order valence-electron chi connectivity index (χ4n) is 1.62. The van der Waals surface area contributed by atoms with Gasteiger partial charge in [-0.3, -0.25) is 4.98 Å². The van der Waals surface area contributed by atoms with Crippen molar-refractivity contribution >= 4 is 17.2 Å². The van der Waals surface area contributed by atoms with Crippen molar-refractivity contribution in [3.05, 3.63) is 53.3 Å². The highest BCUT2D eigenvalue weighted by Gasteiger charge is 2.09. The third kappa shape index (κ3) is 2.65. The van der Waals surface area contributed by atoms with Gasteiger partial charge in [0, 0.05) is 6.20 Å². The van der Waals surface area contributed by atoms with Crippen LogP contribution >= 0.6 is 12.2 Å². The molecule has 0 radical (unpaired) electrons. The average molecular weight is 258 g/mol. The van der Waals surface area contributed by atoms with Gasteiger partial charge >= 0.3 is 0 Å². The van der Waals surface area contributed by atoms with E-state index in [1.165, 1.54) is 0 Å². The predicted molar refractivity (Wildman–Crippen MR) is 76.1 cm³/mol. The van der Waals surface area contributed by atoms with Gasteiger partial charge in [0.15, 0.2) is 0 Å². The molecule has 0 atom stereocenters. The maximum absolute atomic E-state index is 5.83. The summed E-state index contributed by atoms with van der Waals surface area (Å²) in [6, 6.07) is 9.45. The summed E-state index contributed by atoms with van der Waals surface area (Å²) in [5, 5.41) is 0. The van der Waals surface area contributed by atoms with Crippen LogP contribution < -0.4 is 10.5 Å². The number of aromatic nitrogens is 1. The van der Waals surface area contributed by atoms with E-state index < -0.39 is 0 Å². The highest BCUT2D eigenvalue weighted by atomic mass is 32.1. The Bertz CT molecular complexity index is 596. The first-order valence-corrected chi connectivity index (χ1v) is 5.98. The van der Waals surface area contributed by atoms with Crippen molar-refractivity contribution in [1.82, 2.24) is 4.98 Å². The summed E-state index contributed by atoms with van der Waals surface area (Å²) in [5.74, 6) is 1.36. The van der Waals surface area contributed by atoms with Crippen LogP contribution in [0, 0.1) is 13.8 Å². The average Bonchev–Trinajstić information content (AvgIpc) is 2.34. The minimum atomic E-state index is 0.329. The number of ether oxygens (including phenoxy) is 1. The summed E-state index contributed by atoms with van der Waals surface area (Å²) in [7, 11) is 0. The van der Waals surface area contributed by atoms with Gasteiger partial charge in [-0.2, -0.15) is 0 Å². The van der Waals surface area contributed by atoms with Crippen LogP contribution in [0.2, 0.25) is 0 Å². The van der Waals surface area contributed by atoms with Crippen molar-refractivity contribution in [3.63, 3.8) is 0 Å². The molecule has 0 fully saturated rings. The van der Waals surface area contributed by atoms with E-state index in [2.05, 4.69) is 4.98 Å². The van der Waals surface area contributed by atoms with Crippen LogP contribution in [0.4, 0.5) is 0 Å². The lowest BCUT2D eigenvalue weighted by Crippen LogP contribution is -2.11. The van der Waals surface area contributed by atoms with E-state index >= 15 is 0 Å². The van der Waals surface area contributed by atoms with Crippen LogP contribution in [0.3, 0.4) is 0 Å². The molecule has 0 saturated heterocycles. The van der Waals surface area contributed by atoms with Gasteiger partial charge < -0.3 is 10.5 Å². The normalized spacial score (nSPS) is 10.1. The van der Waals surface area contributed by atoms with Crippen molar-refractivity contribution in [2.75, 3.05) is 0 Å². The molecule has 92 valence electrons. The Morgan fingerprint density at radius 2 is 2.00 bits per heavy atom. The smallest absolute Gasteiger partial charge is 0.148 e. The van der Waals surface area contributed by atoms with Crippen molar-refractivity contribution < 1.29 is 4.74 Å². The molecule has 2 N–H and O–H groups in total. The quantitative estimate of drug-likeness (QED) is 0.859. The zero-order chi connectivity index (χ0) is 13.1. The van der Waals surface area contributed by atoms with Crippen molar-refractivity contribution in [2.24, 2.45) is 5.73 Å². The van der Waals surface area contributed by atoms with Crippen LogP contribution in [0.5, 0.6) is 11.5 Å². The first kappa shape index (κ1) is 12.5. The van der Waals surface area contributed by atoms with Crippen LogP contribution in [-0.4, -0.2) is 9.97 Å². The molecule has 3 nitrogen and oxygen atoms in total. The van der Waals surface area contributed by atoms with Gasteiger partial charge in [0.25, 0.3) is 0 Å². The second-order valence-electron chi connectivity index (χ2n) is 4.05. The van der Waals surface area contributed by atoms with Crippen LogP contribution in [0.15, 0.2) is 36.5 Å². The van der Waals surface area contributed by atoms with Gasteiger partial charge in [0.2, 0.25) is 0 Å². The van der Waals surface area contributed by atoms with E-state index in [4.69, 9.17) is 22.7 Å². The molecule has 1 aromatic carbocycles. The molecule has 0 spiro atoms. The lowest BCUT2D eigenvalue weighted by atomic mass is 10.1. The summed E-state index contributed by atoms with van der Waals surface area (Å²) < 4.78 is 5.83. The number of nitrogens with two attached hydrogens (primary N) is 1. The summed E-state index contributed by atoms with van der Waals surface area (Å²) in [5.41, 5.74) is 8.37. The molecule has 0 aliphatic rings. The largest absolute Gasteiger partial charge is 0.455 e. The number of rotatable bonds is 3. The number of nitrogens with zero attached hydrogens (tertiary/aromatic N) is 1. The van der Waals surface area contributed by atoms with Crippen LogP contribution in [-0.2, 0) is 0 Å². The molecular weight excluding hydrogens is 244 g/mol. The Kier molecular flexibility index (Phi) is 3.58. The minimum Gasteiger partial charge on any atom is -0.455 e. The molecule has 2 rings (SSSR count). The number of hydrogen-bond acceptors (Lipinski definition) is 3. The number of hydrogen-bond donors (Lipinski definition) is 1. The third-order valence-electron chi connectivity index (χ3n) is 2.58. The predicted octanol–water partition coefficient (Wildman–Crippen LogP) is 3.12. The van der Waals surface area contributed by atoms with Crippen LogP contribution in [0.1, 0.15) is 16.8 Å². The Balaban J connectivity index is 2.41. The standard InChI is InChI=1S/C14H14N2OS/c1-9-5-6-13(11(8-9)14(15)18)17-12-4-3-7-16-10(12)2/h3-8H,1-2H3,(H2,15,18). The summed E-state index contributed by atoms with van der Waals surface area (Å²) in [6.45, 7) is 3.88. The zero-order valence-corrected chi connectivity index (χ0v) is 11.1. The molecule has 2 aromatic rings. The SMILES string of the molecule is Cc1ccc(Oc2cccnc2C)c(C(N)=S)c1. The highest BCUT2D eigenvalue weighted by Crippen LogP contribution is 2.27. The summed E-state index contributed by atoms with van der Waals surface area (Å²) in [4.78, 5) is 4.51. The lowest BCUT2D eigenvalue weighted by Gasteiger charge is -2.12. The Morgan fingerprint density at radius 1 is 1.22 bits per heavy atom. The Morgan fingerprint density at radius 3 is 2.67 bits per heavy atom. The number of pyridine rings is 1. The summed E-state index contributed by atoms with van der Waals surface area (Å²) >= 11 is 5.04. The topological polar surface area (TPSA) is 48.1 Å². The maximum Gasteiger partial charge on any atom is 0.148 e. The van der Waals surface area contributed by atoms with Crippen molar-refractivity contribution in [3.8, 4) is 11.5 Å². The van der Waals surface area contributed by atoms with Gasteiger partial charge in [0.05, 0.1) is 11.3 Å². The fraction of sp³-hybridized carbons (Fsp3) is 0.143. The van der Waals surface area contributed by atoms with Crippen LogP contribution in [0.25, 0.3) is 0 Å². The van der Waals surface area contributed by atoms with Gasteiger partial charge in [-0.15, -0.1) is 0 Å². The van der Waals surface area contributed by atoms with Gasteiger partial charge in [-0.25, -0.2) is 0 Å². The van der Waals surface area contributed by atoms with E-state index in [0.29, 0.717) is 16.5 Å². The number of thiocarbonyl (C=S) groups is 1. The molecule has 18 heavy (non-hydrogen) atoms. The van der Waals surface area contributed by atoms with Crippen molar-refractivity contribution in [1.29, 1.82) is 0 Å². The first-order valence-electron chi connectivity index (χ1n) is 5.58. The molecule has 4 heteroatoms. The van der Waals surface area contributed by atoms with Gasteiger partial charge in [-0.1, -0.05) is 23.8 Å². The van der Waals surface area contributed by atoms with E-state index in [1.54, 1.807) is 6.20 Å². The first-order chi connectivity index (χ1) is 8.58. The highest BCUT2D eigenvalue weighted by molar-refractivity contribution is 7.80. The molecule has 1 heterocycles. The molecule has 0 saturated carbocycles. The van der Waals surface area contributed by atoms with E-state index in [1.807, 2.05) is 44.2 Å². The monoisotopic (exact) mass is 258 g/mol. The maximum atomic E-state index is 5.83. The molecule has 1 aromatic heterocycles. The van der Waals surface area contributed by atoms with Gasteiger partial charge in [-0.05, 0) is 38.1 Å². The molecule has 0 bridgehead atoms. The molecule has 0 aliphatic carbocycles. The van der Waals surface area contributed by atoms with E-state index in [9.17, 15) is 0 Å². The van der Waals surface area contributed by atoms with Gasteiger partial charge in [0.1, 0.15) is 16.5 Å². The molecule has 0 amide bonds. The van der Waals surface area contributed by atoms with E-state index in [-0.39, 0.29) is 0 Å². The lowest BCUT2D eigenvalue weighted by molar-refractivity contribution is 0.474. The summed E-state index contributed by atoms with van der Waals surface area (Å²) in [6.07, 6.45) is 1.73. The minimum absolute atomic E-state index is 0.329. The third-order valence-corrected chi connectivity index (χ3v) is 2.80. The molecular formula is C14H14N2OS. The molecule has 0 aliphatic heterocycles.